The third-order valence-electron chi connectivity index (χ3n) is 4.03. The van der Waals surface area contributed by atoms with Crippen LogP contribution in [0.15, 0.2) is 29.2 Å². The van der Waals surface area contributed by atoms with Gasteiger partial charge in [-0.2, -0.15) is 0 Å². The molecular weight excluding hydrogens is 272 g/mol. The summed E-state index contributed by atoms with van der Waals surface area (Å²) in [4.78, 5) is 0.302. The van der Waals surface area contributed by atoms with Crippen LogP contribution < -0.4 is 10.0 Å². The van der Waals surface area contributed by atoms with Gasteiger partial charge in [0.2, 0.25) is 10.0 Å². The molecule has 1 saturated carbocycles. The first kappa shape index (κ1) is 15.3. The molecule has 0 amide bonds. The standard InChI is InChI=1S/C15H24N2O2S/c1-16-20(18,19)15-10-8-14(9-11-15)17-12-4-7-13-5-2-3-6-13/h8-11,13,16-17H,2-7,12H2,1H3. The molecule has 112 valence electrons. The lowest BCUT2D eigenvalue weighted by molar-refractivity contribution is 0.491. The molecular formula is C15H24N2O2S. The highest BCUT2D eigenvalue weighted by molar-refractivity contribution is 7.89. The fourth-order valence-corrected chi connectivity index (χ4v) is 3.52. The summed E-state index contributed by atoms with van der Waals surface area (Å²) < 4.78 is 25.5. The Morgan fingerprint density at radius 1 is 1.15 bits per heavy atom. The van der Waals surface area contributed by atoms with E-state index in [1.54, 1.807) is 12.1 Å². The Labute approximate surface area is 122 Å². The molecule has 0 spiro atoms. The van der Waals surface area contributed by atoms with E-state index in [-0.39, 0.29) is 0 Å². The molecule has 0 atom stereocenters. The summed E-state index contributed by atoms with van der Waals surface area (Å²) in [6, 6.07) is 6.90. The van der Waals surface area contributed by atoms with Gasteiger partial charge < -0.3 is 5.32 Å². The van der Waals surface area contributed by atoms with Crippen molar-refractivity contribution in [3.05, 3.63) is 24.3 Å². The Hall–Kier alpha value is -1.07. The van der Waals surface area contributed by atoms with Gasteiger partial charge in [0.25, 0.3) is 0 Å². The van der Waals surface area contributed by atoms with Gasteiger partial charge in [0.15, 0.2) is 0 Å². The highest BCUT2D eigenvalue weighted by atomic mass is 32.2. The van der Waals surface area contributed by atoms with Crippen LogP contribution in [0.4, 0.5) is 5.69 Å². The number of hydrogen-bond acceptors (Lipinski definition) is 3. The minimum atomic E-state index is -3.33. The zero-order valence-electron chi connectivity index (χ0n) is 12.1. The number of rotatable bonds is 7. The molecule has 5 heteroatoms. The maximum absolute atomic E-state index is 11.6. The second-order valence-electron chi connectivity index (χ2n) is 5.45. The van der Waals surface area contributed by atoms with Gasteiger partial charge in [-0.15, -0.1) is 0 Å². The maximum atomic E-state index is 11.6. The number of nitrogens with one attached hydrogen (secondary N) is 2. The minimum Gasteiger partial charge on any atom is -0.385 e. The lowest BCUT2D eigenvalue weighted by Gasteiger charge is -2.10. The van der Waals surface area contributed by atoms with E-state index in [0.717, 1.165) is 18.2 Å². The van der Waals surface area contributed by atoms with Crippen LogP contribution in [0.1, 0.15) is 38.5 Å². The predicted molar refractivity (Wildman–Crippen MR) is 82.4 cm³/mol. The second kappa shape index (κ2) is 7.09. The summed E-state index contributed by atoms with van der Waals surface area (Å²) in [6.45, 7) is 0.953. The van der Waals surface area contributed by atoms with Gasteiger partial charge in [0.05, 0.1) is 4.90 Å². The van der Waals surface area contributed by atoms with E-state index in [4.69, 9.17) is 0 Å². The molecule has 0 saturated heterocycles. The Balaban J connectivity index is 1.76. The van der Waals surface area contributed by atoms with Crippen molar-refractivity contribution in [3.63, 3.8) is 0 Å². The quantitative estimate of drug-likeness (QED) is 0.761. The van der Waals surface area contributed by atoms with Crippen molar-refractivity contribution in [2.24, 2.45) is 5.92 Å². The van der Waals surface area contributed by atoms with Crippen LogP contribution >= 0.6 is 0 Å². The molecule has 0 bridgehead atoms. The summed E-state index contributed by atoms with van der Waals surface area (Å²) in [7, 11) is -1.91. The Morgan fingerprint density at radius 2 is 1.80 bits per heavy atom. The van der Waals surface area contributed by atoms with Crippen LogP contribution in [0.3, 0.4) is 0 Å². The van der Waals surface area contributed by atoms with Crippen molar-refractivity contribution in [2.45, 2.75) is 43.4 Å². The Kier molecular flexibility index (Phi) is 5.43. The van der Waals surface area contributed by atoms with Gasteiger partial charge in [-0.25, -0.2) is 13.1 Å². The molecule has 1 aliphatic carbocycles. The van der Waals surface area contributed by atoms with Crippen molar-refractivity contribution < 1.29 is 8.42 Å². The molecule has 1 aromatic rings. The smallest absolute Gasteiger partial charge is 0.240 e. The third-order valence-corrected chi connectivity index (χ3v) is 5.46. The lowest BCUT2D eigenvalue weighted by Crippen LogP contribution is -2.18. The summed E-state index contributed by atoms with van der Waals surface area (Å²) in [5.41, 5.74) is 0.978. The Morgan fingerprint density at radius 3 is 2.40 bits per heavy atom. The van der Waals surface area contributed by atoms with Gasteiger partial charge >= 0.3 is 0 Å². The number of anilines is 1. The summed E-state index contributed by atoms with van der Waals surface area (Å²) >= 11 is 0. The van der Waals surface area contributed by atoms with Crippen LogP contribution in [0.2, 0.25) is 0 Å². The van der Waals surface area contributed by atoms with Crippen LogP contribution in [-0.4, -0.2) is 22.0 Å². The van der Waals surface area contributed by atoms with Gasteiger partial charge in [-0.3, -0.25) is 0 Å². The lowest BCUT2D eigenvalue weighted by atomic mass is 10.0. The predicted octanol–water partition coefficient (Wildman–Crippen LogP) is 2.98. The molecule has 2 N–H and O–H groups in total. The van der Waals surface area contributed by atoms with Crippen molar-refractivity contribution >= 4 is 15.7 Å². The van der Waals surface area contributed by atoms with Crippen LogP contribution in [0, 0.1) is 5.92 Å². The molecule has 1 fully saturated rings. The van der Waals surface area contributed by atoms with E-state index >= 15 is 0 Å². The first-order chi connectivity index (χ1) is 9.62. The van der Waals surface area contributed by atoms with Crippen molar-refractivity contribution in [2.75, 3.05) is 18.9 Å². The van der Waals surface area contributed by atoms with Gasteiger partial charge in [-0.1, -0.05) is 25.7 Å². The van der Waals surface area contributed by atoms with E-state index < -0.39 is 10.0 Å². The summed E-state index contributed by atoms with van der Waals surface area (Å²) in [5, 5.41) is 3.35. The Bertz CT molecular complexity index is 505. The van der Waals surface area contributed by atoms with Gasteiger partial charge in [-0.05, 0) is 50.1 Å². The van der Waals surface area contributed by atoms with E-state index in [1.807, 2.05) is 12.1 Å². The summed E-state index contributed by atoms with van der Waals surface area (Å²) in [6.07, 6.45) is 8.09. The largest absolute Gasteiger partial charge is 0.385 e. The van der Waals surface area contributed by atoms with E-state index in [0.29, 0.717) is 4.90 Å². The average Bonchev–Trinajstić information content (AvgIpc) is 2.97. The van der Waals surface area contributed by atoms with E-state index in [2.05, 4.69) is 10.0 Å². The van der Waals surface area contributed by atoms with Crippen LogP contribution in [-0.2, 0) is 10.0 Å². The van der Waals surface area contributed by atoms with E-state index in [9.17, 15) is 8.42 Å². The van der Waals surface area contributed by atoms with Crippen molar-refractivity contribution in [3.8, 4) is 0 Å². The van der Waals surface area contributed by atoms with Crippen molar-refractivity contribution in [1.29, 1.82) is 0 Å². The molecule has 0 aliphatic heterocycles. The first-order valence-corrected chi connectivity index (χ1v) is 8.87. The first-order valence-electron chi connectivity index (χ1n) is 7.39. The summed E-state index contributed by atoms with van der Waals surface area (Å²) in [5.74, 6) is 0.931. The molecule has 0 heterocycles. The van der Waals surface area contributed by atoms with Crippen molar-refractivity contribution in [1.82, 2.24) is 4.72 Å². The highest BCUT2D eigenvalue weighted by Crippen LogP contribution is 2.28. The van der Waals surface area contributed by atoms with Gasteiger partial charge in [0.1, 0.15) is 0 Å². The zero-order valence-corrected chi connectivity index (χ0v) is 12.9. The minimum absolute atomic E-state index is 0.302. The third kappa shape index (κ3) is 4.21. The second-order valence-corrected chi connectivity index (χ2v) is 7.34. The zero-order chi connectivity index (χ0) is 14.4. The molecule has 0 unspecified atom stereocenters. The molecule has 0 radical (unpaired) electrons. The van der Waals surface area contributed by atoms with Crippen LogP contribution in [0.5, 0.6) is 0 Å². The van der Waals surface area contributed by atoms with Gasteiger partial charge in [0, 0.05) is 12.2 Å². The molecule has 1 aromatic carbocycles. The molecule has 0 aromatic heterocycles. The molecule has 1 aliphatic rings. The fraction of sp³-hybridized carbons (Fsp3) is 0.600. The average molecular weight is 296 g/mol. The monoisotopic (exact) mass is 296 g/mol. The highest BCUT2D eigenvalue weighted by Gasteiger charge is 2.14. The maximum Gasteiger partial charge on any atom is 0.240 e. The number of sulfonamides is 1. The SMILES string of the molecule is CNS(=O)(=O)c1ccc(NCCCC2CCCC2)cc1. The number of hydrogen-bond donors (Lipinski definition) is 2. The molecule has 20 heavy (non-hydrogen) atoms. The number of benzene rings is 1. The topological polar surface area (TPSA) is 58.2 Å². The normalized spacial score (nSPS) is 16.4. The molecule has 4 nitrogen and oxygen atoms in total. The fourth-order valence-electron chi connectivity index (χ4n) is 2.79. The molecule has 2 rings (SSSR count). The van der Waals surface area contributed by atoms with Crippen LogP contribution in [0.25, 0.3) is 0 Å². The van der Waals surface area contributed by atoms with E-state index in [1.165, 1.54) is 45.6 Å².